The summed E-state index contributed by atoms with van der Waals surface area (Å²) < 4.78 is 5.22. The van der Waals surface area contributed by atoms with Gasteiger partial charge in [-0.3, -0.25) is 4.99 Å². The van der Waals surface area contributed by atoms with Crippen molar-refractivity contribution in [1.29, 1.82) is 0 Å². The molecule has 0 heterocycles. The molecule has 0 amide bonds. The van der Waals surface area contributed by atoms with E-state index in [4.69, 9.17) is 9.73 Å². The van der Waals surface area contributed by atoms with Gasteiger partial charge in [-0.05, 0) is 55.2 Å². The van der Waals surface area contributed by atoms with E-state index in [9.17, 15) is 0 Å². The topological polar surface area (TPSA) is 21.6 Å². The van der Waals surface area contributed by atoms with E-state index in [-0.39, 0.29) is 0 Å². The number of allylic oxidation sites excluding steroid dienone is 2. The highest BCUT2D eigenvalue weighted by Gasteiger charge is 2.09. The van der Waals surface area contributed by atoms with Crippen molar-refractivity contribution < 1.29 is 4.74 Å². The molecule has 25 heavy (non-hydrogen) atoms. The Morgan fingerprint density at radius 2 is 1.64 bits per heavy atom. The zero-order chi connectivity index (χ0) is 18.1. The van der Waals surface area contributed by atoms with Crippen molar-refractivity contribution in [2.24, 2.45) is 4.99 Å². The smallest absolute Gasteiger partial charge is 0.119 e. The number of aliphatic imine (C=N–C) groups is 1. The normalized spacial score (nSPS) is 12.3. The van der Waals surface area contributed by atoms with Crippen LogP contribution in [0.1, 0.15) is 57.6 Å². The third kappa shape index (κ3) is 5.32. The van der Waals surface area contributed by atoms with Gasteiger partial charge in [0.25, 0.3) is 0 Å². The van der Waals surface area contributed by atoms with Gasteiger partial charge in [-0.25, -0.2) is 0 Å². The molecule has 0 aliphatic carbocycles. The van der Waals surface area contributed by atoms with Crippen molar-refractivity contribution >= 4 is 17.0 Å². The first-order chi connectivity index (χ1) is 12.2. The maximum absolute atomic E-state index is 5.22. The van der Waals surface area contributed by atoms with E-state index >= 15 is 0 Å². The number of benzene rings is 2. The van der Waals surface area contributed by atoms with E-state index in [0.717, 1.165) is 36.4 Å². The Morgan fingerprint density at radius 1 is 0.960 bits per heavy atom. The largest absolute Gasteiger partial charge is 0.497 e. The molecule has 0 aromatic heterocycles. The molecule has 0 fully saturated rings. The quantitative estimate of drug-likeness (QED) is 0.485. The van der Waals surface area contributed by atoms with Gasteiger partial charge in [-0.2, -0.15) is 0 Å². The van der Waals surface area contributed by atoms with Crippen molar-refractivity contribution in [3.63, 3.8) is 0 Å². The fourth-order valence-electron chi connectivity index (χ4n) is 2.92. The molecule has 2 rings (SSSR count). The van der Waals surface area contributed by atoms with Crippen molar-refractivity contribution in [1.82, 2.24) is 0 Å². The first-order valence-corrected chi connectivity index (χ1v) is 9.17. The van der Waals surface area contributed by atoms with Gasteiger partial charge in [0, 0.05) is 11.3 Å². The molecule has 132 valence electrons. The van der Waals surface area contributed by atoms with E-state index in [1.807, 2.05) is 24.3 Å². The minimum Gasteiger partial charge on any atom is -0.497 e. The molecule has 2 aromatic carbocycles. The number of unbranched alkanes of at least 4 members (excludes halogenated alkanes) is 1. The Kier molecular flexibility index (Phi) is 7.46. The number of ether oxygens (including phenoxy) is 1. The Morgan fingerprint density at radius 3 is 2.24 bits per heavy atom. The van der Waals surface area contributed by atoms with Gasteiger partial charge in [0.1, 0.15) is 5.75 Å². The molecule has 2 heteroatoms. The van der Waals surface area contributed by atoms with Crippen molar-refractivity contribution in [2.75, 3.05) is 7.11 Å². The van der Waals surface area contributed by atoms with Crippen molar-refractivity contribution in [3.05, 3.63) is 65.7 Å². The summed E-state index contributed by atoms with van der Waals surface area (Å²) in [5, 5.41) is 0. The van der Waals surface area contributed by atoms with Crippen LogP contribution in [0.15, 0.2) is 59.6 Å². The van der Waals surface area contributed by atoms with Gasteiger partial charge >= 0.3 is 0 Å². The predicted octanol–water partition coefficient (Wildman–Crippen LogP) is 6.82. The van der Waals surface area contributed by atoms with Crippen LogP contribution in [0, 0.1) is 0 Å². The summed E-state index contributed by atoms with van der Waals surface area (Å²) in [7, 11) is 1.68. The van der Waals surface area contributed by atoms with Crippen molar-refractivity contribution in [3.8, 4) is 5.75 Å². The Balaban J connectivity index is 2.38. The third-order valence-corrected chi connectivity index (χ3v) is 4.23. The lowest BCUT2D eigenvalue weighted by Crippen LogP contribution is -2.00. The van der Waals surface area contributed by atoms with Gasteiger partial charge in [-0.15, -0.1) is 0 Å². The first-order valence-electron chi connectivity index (χ1n) is 9.17. The average molecular weight is 335 g/mol. The summed E-state index contributed by atoms with van der Waals surface area (Å²) >= 11 is 0. The summed E-state index contributed by atoms with van der Waals surface area (Å²) in [6, 6.07) is 16.5. The molecule has 0 atom stereocenters. The highest BCUT2D eigenvalue weighted by atomic mass is 16.5. The van der Waals surface area contributed by atoms with Crippen LogP contribution in [0.25, 0.3) is 5.57 Å². The van der Waals surface area contributed by atoms with E-state index < -0.39 is 0 Å². The Bertz CT molecular complexity index is 726. The molecule has 0 radical (unpaired) electrons. The fraction of sp³-hybridized carbons (Fsp3) is 0.348. The highest BCUT2D eigenvalue weighted by Crippen LogP contribution is 2.26. The van der Waals surface area contributed by atoms with Gasteiger partial charge in [-0.1, -0.05) is 57.0 Å². The number of hydrogen-bond donors (Lipinski definition) is 0. The van der Waals surface area contributed by atoms with E-state index in [1.165, 1.54) is 23.1 Å². The summed E-state index contributed by atoms with van der Waals surface area (Å²) in [5.74, 6) is 0.852. The van der Waals surface area contributed by atoms with Gasteiger partial charge in [0.05, 0.1) is 12.8 Å². The summed E-state index contributed by atoms with van der Waals surface area (Å²) in [4.78, 5) is 4.82. The number of hydrogen-bond acceptors (Lipinski definition) is 2. The molecular weight excluding hydrogens is 306 g/mol. The van der Waals surface area contributed by atoms with Crippen LogP contribution >= 0.6 is 0 Å². The SMILES string of the molecule is CCC/C=C(\CCC)c1ccccc1C(C)=Nc1ccc(OC)cc1. The summed E-state index contributed by atoms with van der Waals surface area (Å²) in [6.07, 6.45) is 6.95. The fourth-order valence-corrected chi connectivity index (χ4v) is 2.92. The second kappa shape index (κ2) is 9.83. The van der Waals surface area contributed by atoms with Crippen LogP contribution in [0.3, 0.4) is 0 Å². The molecule has 0 bridgehead atoms. The molecule has 2 nitrogen and oxygen atoms in total. The van der Waals surface area contributed by atoms with Crippen molar-refractivity contribution in [2.45, 2.75) is 46.5 Å². The second-order valence-corrected chi connectivity index (χ2v) is 6.21. The van der Waals surface area contributed by atoms with Crippen LogP contribution in [0.4, 0.5) is 5.69 Å². The average Bonchev–Trinajstić information content (AvgIpc) is 2.65. The molecule has 0 aliphatic rings. The molecule has 0 spiro atoms. The summed E-state index contributed by atoms with van der Waals surface area (Å²) in [6.45, 7) is 6.55. The summed E-state index contributed by atoms with van der Waals surface area (Å²) in [5.41, 5.74) is 5.95. The first kappa shape index (κ1) is 19.0. The number of methoxy groups -OCH3 is 1. The molecule has 2 aromatic rings. The maximum Gasteiger partial charge on any atom is 0.119 e. The standard InChI is InChI=1S/C23H29NO/c1-5-7-11-19(10-6-2)23-13-9-8-12-22(23)18(3)24-20-14-16-21(25-4)17-15-20/h8-9,11-17H,5-7,10H2,1-4H3/b19-11+,24-18?. The number of rotatable bonds is 8. The lowest BCUT2D eigenvalue weighted by atomic mass is 9.93. The van der Waals surface area contributed by atoms with Gasteiger partial charge < -0.3 is 4.74 Å². The molecule has 0 aliphatic heterocycles. The molecule has 0 unspecified atom stereocenters. The van der Waals surface area contributed by atoms with Gasteiger partial charge in [0.2, 0.25) is 0 Å². The van der Waals surface area contributed by atoms with Crippen LogP contribution in [-0.2, 0) is 0 Å². The molecule has 0 N–H and O–H groups in total. The molecule has 0 saturated carbocycles. The van der Waals surface area contributed by atoms with Crippen LogP contribution < -0.4 is 4.74 Å². The Labute approximate surface area is 152 Å². The lowest BCUT2D eigenvalue weighted by molar-refractivity contribution is 0.415. The minimum absolute atomic E-state index is 0.852. The molecule has 0 saturated heterocycles. The predicted molar refractivity (Wildman–Crippen MR) is 109 cm³/mol. The zero-order valence-electron chi connectivity index (χ0n) is 15.9. The van der Waals surface area contributed by atoms with E-state index in [2.05, 4.69) is 51.1 Å². The van der Waals surface area contributed by atoms with Crippen LogP contribution in [0.2, 0.25) is 0 Å². The second-order valence-electron chi connectivity index (χ2n) is 6.21. The lowest BCUT2D eigenvalue weighted by Gasteiger charge is -2.13. The van der Waals surface area contributed by atoms with Gasteiger partial charge in [0.15, 0.2) is 0 Å². The third-order valence-electron chi connectivity index (χ3n) is 4.23. The van der Waals surface area contributed by atoms with Crippen LogP contribution in [0.5, 0.6) is 5.75 Å². The minimum atomic E-state index is 0.852. The maximum atomic E-state index is 5.22. The van der Waals surface area contributed by atoms with E-state index in [0.29, 0.717) is 0 Å². The Hall–Kier alpha value is -2.35. The zero-order valence-corrected chi connectivity index (χ0v) is 15.9. The van der Waals surface area contributed by atoms with Crippen LogP contribution in [-0.4, -0.2) is 12.8 Å². The number of nitrogens with zero attached hydrogens (tertiary/aromatic N) is 1. The monoisotopic (exact) mass is 335 g/mol. The highest BCUT2D eigenvalue weighted by molar-refractivity contribution is 6.04. The van der Waals surface area contributed by atoms with E-state index in [1.54, 1.807) is 7.11 Å². The molecular formula is C23H29NO.